The van der Waals surface area contributed by atoms with Gasteiger partial charge in [0.2, 0.25) is 11.8 Å². The molecule has 1 heterocycles. The number of nitro groups is 1. The van der Waals surface area contributed by atoms with E-state index in [1.807, 2.05) is 0 Å². The fourth-order valence-electron chi connectivity index (χ4n) is 2.85. The number of carbonyl (C=O) groups excluding carboxylic acids is 2. The summed E-state index contributed by atoms with van der Waals surface area (Å²) in [5.41, 5.74) is 0. The molecule has 0 saturated carbocycles. The molecule has 0 aliphatic heterocycles. The maximum Gasteiger partial charge on any atom is 0.326 e. The van der Waals surface area contributed by atoms with Crippen LogP contribution >= 0.6 is 11.3 Å². The molecule has 0 radical (unpaired) electrons. The third-order valence-electron chi connectivity index (χ3n) is 4.25. The van der Waals surface area contributed by atoms with Crippen molar-refractivity contribution in [3.63, 3.8) is 0 Å². The minimum atomic E-state index is -1.22. The molecule has 2 rings (SSSR count). The molecule has 4 N–H and O–H groups in total. The molecule has 0 fully saturated rings. The van der Waals surface area contributed by atoms with E-state index in [0.29, 0.717) is 11.3 Å². The van der Waals surface area contributed by atoms with Crippen LogP contribution in [0.4, 0.5) is 5.00 Å². The molecule has 1 aliphatic carbocycles. The van der Waals surface area contributed by atoms with Gasteiger partial charge in [0, 0.05) is 24.3 Å². The van der Waals surface area contributed by atoms with Crippen molar-refractivity contribution in [1.29, 1.82) is 0 Å². The first-order chi connectivity index (χ1) is 13.7. The number of nitrogens with zero attached hydrogens (tertiary/aromatic N) is 1. The second-order valence-electron chi connectivity index (χ2n) is 6.57. The van der Waals surface area contributed by atoms with E-state index in [2.05, 4.69) is 10.6 Å². The van der Waals surface area contributed by atoms with Crippen molar-refractivity contribution in [2.45, 2.75) is 38.3 Å². The van der Waals surface area contributed by atoms with Gasteiger partial charge in [0.05, 0.1) is 4.92 Å². The van der Waals surface area contributed by atoms with Crippen LogP contribution in [0, 0.1) is 16.0 Å². The molecule has 0 bridgehead atoms. The largest absolute Gasteiger partial charge is 0.508 e. The highest BCUT2D eigenvalue weighted by atomic mass is 32.1. The van der Waals surface area contributed by atoms with Crippen LogP contribution < -0.4 is 10.6 Å². The number of thiophene rings is 1. The lowest BCUT2D eigenvalue weighted by Crippen LogP contribution is -2.52. The molecule has 1 unspecified atom stereocenters. The summed E-state index contributed by atoms with van der Waals surface area (Å²) < 4.78 is 0. The summed E-state index contributed by atoms with van der Waals surface area (Å²) in [5.74, 6) is -2.47. The Labute approximate surface area is 170 Å². The van der Waals surface area contributed by atoms with Crippen LogP contribution in [0.1, 0.15) is 24.6 Å². The van der Waals surface area contributed by atoms with Gasteiger partial charge < -0.3 is 20.8 Å². The van der Waals surface area contributed by atoms with Gasteiger partial charge in [-0.05, 0) is 37.0 Å². The smallest absolute Gasteiger partial charge is 0.326 e. The van der Waals surface area contributed by atoms with Crippen LogP contribution in [0.5, 0.6) is 0 Å². The predicted octanol–water partition coefficient (Wildman–Crippen LogP) is 1.68. The maximum atomic E-state index is 12.6. The van der Waals surface area contributed by atoms with Crippen LogP contribution in [0.15, 0.2) is 36.1 Å². The van der Waals surface area contributed by atoms with Gasteiger partial charge in [-0.3, -0.25) is 19.7 Å². The van der Waals surface area contributed by atoms with Gasteiger partial charge in [-0.1, -0.05) is 17.4 Å². The molecule has 1 aromatic heterocycles. The third kappa shape index (κ3) is 6.71. The van der Waals surface area contributed by atoms with E-state index in [9.17, 15) is 34.7 Å². The van der Waals surface area contributed by atoms with Gasteiger partial charge in [0.25, 0.3) is 0 Å². The average molecular weight is 423 g/mol. The monoisotopic (exact) mass is 423 g/mol. The Hall–Kier alpha value is -3.21. The first-order valence-electron chi connectivity index (χ1n) is 8.76. The minimum Gasteiger partial charge on any atom is -0.508 e. The Morgan fingerprint density at radius 3 is 2.55 bits per heavy atom. The maximum absolute atomic E-state index is 12.6. The number of amides is 2. The number of carboxylic acids is 1. The van der Waals surface area contributed by atoms with E-state index in [-0.39, 0.29) is 29.5 Å². The molecular formula is C18H21N3O7S. The molecule has 1 aromatic rings. The summed E-state index contributed by atoms with van der Waals surface area (Å²) >= 11 is 0.882. The van der Waals surface area contributed by atoms with Crippen molar-refractivity contribution in [1.82, 2.24) is 10.6 Å². The lowest BCUT2D eigenvalue weighted by atomic mass is 9.92. The fourth-order valence-corrected chi connectivity index (χ4v) is 3.72. The molecule has 29 heavy (non-hydrogen) atoms. The third-order valence-corrected chi connectivity index (χ3v) is 5.31. The number of carbonyl (C=O) groups is 3. The van der Waals surface area contributed by atoms with Crippen LogP contribution in [-0.2, 0) is 20.8 Å². The number of rotatable bonds is 9. The van der Waals surface area contributed by atoms with E-state index < -0.39 is 34.8 Å². The average Bonchev–Trinajstić information content (AvgIpc) is 3.10. The van der Waals surface area contributed by atoms with E-state index in [4.69, 9.17) is 0 Å². The van der Waals surface area contributed by atoms with E-state index in [1.54, 1.807) is 12.2 Å². The van der Waals surface area contributed by atoms with E-state index in [0.717, 1.165) is 11.3 Å². The van der Waals surface area contributed by atoms with Crippen LogP contribution in [-0.4, -0.2) is 45.0 Å². The number of hydrogen-bond donors (Lipinski definition) is 4. The van der Waals surface area contributed by atoms with E-state index >= 15 is 0 Å². The Morgan fingerprint density at radius 1 is 1.31 bits per heavy atom. The predicted molar refractivity (Wildman–Crippen MR) is 104 cm³/mol. The molecule has 10 nitrogen and oxygen atoms in total. The summed E-state index contributed by atoms with van der Waals surface area (Å²) in [6.45, 7) is 1.22. The van der Waals surface area contributed by atoms with E-state index in [1.165, 1.54) is 25.1 Å². The second-order valence-corrected chi connectivity index (χ2v) is 7.72. The Bertz CT molecular complexity index is 861. The molecule has 0 aromatic carbocycles. The zero-order chi connectivity index (χ0) is 21.6. The number of nitrogens with one attached hydrogen (secondary N) is 2. The minimum absolute atomic E-state index is 0.00377. The quantitative estimate of drug-likeness (QED) is 0.347. The molecule has 0 spiro atoms. The number of carboxylic acid groups (broad SMARTS) is 1. The molecule has 2 amide bonds. The molecule has 11 heteroatoms. The standard InChI is InChI=1S/C18H21N3O7S/c1-10(22)19-14(9-13-6-7-16(29-13)21(27)28)17(24)20-15(18(25)26)8-11-2-4-12(23)5-3-11/h2,4-7,11,14-15,23H,3,8-9H2,1H3,(H,19,22)(H,20,24)(H,25,26)/t11?,14-,15-/m0/s1. The molecule has 1 aliphatic rings. The Morgan fingerprint density at radius 2 is 2.03 bits per heavy atom. The van der Waals surface area contributed by atoms with Gasteiger partial charge in [-0.15, -0.1) is 0 Å². The molecule has 156 valence electrons. The Kier molecular flexibility index (Phi) is 7.48. The number of aliphatic carboxylic acids is 1. The highest BCUT2D eigenvalue weighted by Crippen LogP contribution is 2.25. The molecule has 3 atom stereocenters. The summed E-state index contributed by atoms with van der Waals surface area (Å²) in [5, 5.41) is 34.4. The van der Waals surface area contributed by atoms with Gasteiger partial charge in [0.15, 0.2) is 0 Å². The normalized spacial score (nSPS) is 17.7. The van der Waals surface area contributed by atoms with Crippen molar-refractivity contribution in [2.75, 3.05) is 0 Å². The first kappa shape index (κ1) is 22.1. The van der Waals surface area contributed by atoms with Crippen LogP contribution in [0.2, 0.25) is 0 Å². The lowest BCUT2D eigenvalue weighted by Gasteiger charge is -2.23. The SMILES string of the molecule is CC(=O)N[C@@H](Cc1ccc([N+](=O)[O-])s1)C(=O)N[C@@H](CC1C=CC(O)=CC1)C(=O)O. The lowest BCUT2D eigenvalue weighted by molar-refractivity contribution is -0.380. The summed E-state index contributed by atoms with van der Waals surface area (Å²) in [6, 6.07) is 0.532. The van der Waals surface area contributed by atoms with Crippen molar-refractivity contribution in [2.24, 2.45) is 5.92 Å². The second kappa shape index (κ2) is 9.82. The zero-order valence-electron chi connectivity index (χ0n) is 15.5. The number of hydrogen-bond acceptors (Lipinski definition) is 7. The van der Waals surface area contributed by atoms with Gasteiger partial charge in [0.1, 0.15) is 17.8 Å². The van der Waals surface area contributed by atoms with Gasteiger partial charge >= 0.3 is 11.0 Å². The first-order valence-corrected chi connectivity index (χ1v) is 9.58. The highest BCUT2D eigenvalue weighted by molar-refractivity contribution is 7.15. The summed E-state index contributed by atoms with van der Waals surface area (Å²) in [4.78, 5) is 46.5. The summed E-state index contributed by atoms with van der Waals surface area (Å²) in [7, 11) is 0. The van der Waals surface area contributed by atoms with Gasteiger partial charge in [-0.2, -0.15) is 0 Å². The molecule has 0 saturated heterocycles. The topological polar surface area (TPSA) is 159 Å². The fraction of sp³-hybridized carbons (Fsp3) is 0.389. The Balaban J connectivity index is 2.07. The number of aliphatic hydroxyl groups excluding tert-OH is 1. The van der Waals surface area contributed by atoms with Crippen molar-refractivity contribution >= 4 is 34.1 Å². The number of allylic oxidation sites excluding steroid dienone is 3. The van der Waals surface area contributed by atoms with Gasteiger partial charge in [-0.25, -0.2) is 4.79 Å². The zero-order valence-corrected chi connectivity index (χ0v) is 16.3. The highest BCUT2D eigenvalue weighted by Gasteiger charge is 2.28. The summed E-state index contributed by atoms with van der Waals surface area (Å²) in [6.07, 6.45) is 5.26. The van der Waals surface area contributed by atoms with Crippen LogP contribution in [0.3, 0.4) is 0 Å². The van der Waals surface area contributed by atoms with Crippen LogP contribution in [0.25, 0.3) is 0 Å². The van der Waals surface area contributed by atoms with Crippen molar-refractivity contribution in [3.8, 4) is 0 Å². The van der Waals surface area contributed by atoms with Crippen molar-refractivity contribution < 1.29 is 29.5 Å². The van der Waals surface area contributed by atoms with Crippen molar-refractivity contribution in [3.05, 3.63) is 51.1 Å². The number of aliphatic hydroxyl groups is 1. The molecular weight excluding hydrogens is 402 g/mol.